The first-order chi connectivity index (χ1) is 10.2. The Morgan fingerprint density at radius 2 is 1.81 bits per heavy atom. The highest BCUT2D eigenvalue weighted by atomic mass is 79.9. The molecule has 1 heterocycles. The maximum atomic E-state index is 3.77. The van der Waals surface area contributed by atoms with Crippen molar-refractivity contribution in [2.24, 2.45) is 5.92 Å². The van der Waals surface area contributed by atoms with E-state index in [9.17, 15) is 0 Å². The Labute approximate surface area is 137 Å². The van der Waals surface area contributed by atoms with Crippen LogP contribution in [0.4, 0.5) is 0 Å². The lowest BCUT2D eigenvalue weighted by atomic mass is 9.76. The van der Waals surface area contributed by atoms with E-state index in [0.29, 0.717) is 0 Å². The summed E-state index contributed by atoms with van der Waals surface area (Å²) in [7, 11) is 2.24. The van der Waals surface area contributed by atoms with Crippen LogP contribution < -0.4 is 5.32 Å². The van der Waals surface area contributed by atoms with E-state index in [1.807, 2.05) is 0 Å². The van der Waals surface area contributed by atoms with Gasteiger partial charge in [-0.05, 0) is 88.3 Å². The van der Waals surface area contributed by atoms with Crippen LogP contribution in [0.15, 0.2) is 28.7 Å². The molecule has 0 spiro atoms. The van der Waals surface area contributed by atoms with Crippen LogP contribution in [0, 0.1) is 5.92 Å². The molecule has 0 unspecified atom stereocenters. The van der Waals surface area contributed by atoms with Gasteiger partial charge < -0.3 is 10.2 Å². The largest absolute Gasteiger partial charge is 0.314 e. The van der Waals surface area contributed by atoms with Crippen molar-refractivity contribution in [3.05, 3.63) is 34.3 Å². The molecule has 0 aromatic heterocycles. The molecule has 1 aliphatic carbocycles. The van der Waals surface area contributed by atoms with Gasteiger partial charge in [-0.15, -0.1) is 0 Å². The predicted molar refractivity (Wildman–Crippen MR) is 92.7 cm³/mol. The molecule has 21 heavy (non-hydrogen) atoms. The van der Waals surface area contributed by atoms with Crippen molar-refractivity contribution >= 4 is 15.9 Å². The molecule has 2 fully saturated rings. The normalized spacial score (nSPS) is 27.5. The SMILES string of the molecule is CN1CCC(CCNC2CC(c3ccc(Br)cc3)C2)CC1. The van der Waals surface area contributed by atoms with Crippen molar-refractivity contribution in [3.8, 4) is 0 Å². The third-order valence-corrected chi connectivity index (χ3v) is 5.83. The Bertz CT molecular complexity index is 431. The molecule has 0 amide bonds. The first kappa shape index (κ1) is 15.5. The summed E-state index contributed by atoms with van der Waals surface area (Å²) in [6.45, 7) is 3.80. The van der Waals surface area contributed by atoms with Gasteiger partial charge in [-0.2, -0.15) is 0 Å². The van der Waals surface area contributed by atoms with Crippen molar-refractivity contribution < 1.29 is 0 Å². The van der Waals surface area contributed by atoms with Crippen molar-refractivity contribution in [1.82, 2.24) is 10.2 Å². The van der Waals surface area contributed by atoms with Gasteiger partial charge >= 0.3 is 0 Å². The van der Waals surface area contributed by atoms with E-state index in [2.05, 4.69) is 57.5 Å². The van der Waals surface area contributed by atoms with Gasteiger partial charge in [0.05, 0.1) is 0 Å². The molecule has 3 heteroatoms. The van der Waals surface area contributed by atoms with Gasteiger partial charge in [0.15, 0.2) is 0 Å². The van der Waals surface area contributed by atoms with Crippen LogP contribution >= 0.6 is 15.9 Å². The Morgan fingerprint density at radius 1 is 1.14 bits per heavy atom. The van der Waals surface area contributed by atoms with Gasteiger partial charge in [0.25, 0.3) is 0 Å². The van der Waals surface area contributed by atoms with E-state index < -0.39 is 0 Å². The summed E-state index contributed by atoms with van der Waals surface area (Å²) in [5, 5.41) is 3.77. The van der Waals surface area contributed by atoms with Gasteiger partial charge in [-0.25, -0.2) is 0 Å². The topological polar surface area (TPSA) is 15.3 Å². The van der Waals surface area contributed by atoms with Gasteiger partial charge in [-0.1, -0.05) is 28.1 Å². The van der Waals surface area contributed by atoms with E-state index in [1.165, 1.54) is 61.8 Å². The Hall–Kier alpha value is -0.380. The molecule has 1 aromatic rings. The number of nitrogens with zero attached hydrogens (tertiary/aromatic N) is 1. The number of likely N-dealkylation sites (tertiary alicyclic amines) is 1. The highest BCUT2D eigenvalue weighted by Gasteiger charge is 2.29. The van der Waals surface area contributed by atoms with Crippen LogP contribution in [0.1, 0.15) is 43.6 Å². The van der Waals surface area contributed by atoms with E-state index >= 15 is 0 Å². The molecule has 1 saturated heterocycles. The highest BCUT2D eigenvalue weighted by molar-refractivity contribution is 9.10. The second-order valence-corrected chi connectivity index (χ2v) is 7.82. The zero-order valence-electron chi connectivity index (χ0n) is 13.0. The Balaban J connectivity index is 1.31. The van der Waals surface area contributed by atoms with Crippen molar-refractivity contribution in [3.63, 3.8) is 0 Å². The van der Waals surface area contributed by atoms with Gasteiger partial charge in [0.2, 0.25) is 0 Å². The summed E-state index contributed by atoms with van der Waals surface area (Å²) in [5.41, 5.74) is 1.51. The number of hydrogen-bond donors (Lipinski definition) is 1. The summed E-state index contributed by atoms with van der Waals surface area (Å²) in [6.07, 6.45) is 6.78. The fraction of sp³-hybridized carbons (Fsp3) is 0.667. The monoisotopic (exact) mass is 350 g/mol. The minimum Gasteiger partial charge on any atom is -0.314 e. The van der Waals surface area contributed by atoms with E-state index in [-0.39, 0.29) is 0 Å². The molecule has 0 atom stereocenters. The maximum Gasteiger partial charge on any atom is 0.0175 e. The lowest BCUT2D eigenvalue weighted by molar-refractivity contribution is 0.205. The molecule has 1 N–H and O–H groups in total. The maximum absolute atomic E-state index is 3.77. The fourth-order valence-corrected chi connectivity index (χ4v) is 3.90. The summed E-state index contributed by atoms with van der Waals surface area (Å²) < 4.78 is 1.18. The third kappa shape index (κ3) is 4.30. The standard InChI is InChI=1S/C18H27BrN2/c1-21-10-7-14(8-11-21)6-9-20-18-12-16(13-18)15-2-4-17(19)5-3-15/h2-5,14,16,18,20H,6-13H2,1H3. The molecule has 1 aliphatic heterocycles. The van der Waals surface area contributed by atoms with Crippen LogP contribution in [0.25, 0.3) is 0 Å². The average molecular weight is 351 g/mol. The molecule has 0 bridgehead atoms. The van der Waals surface area contributed by atoms with E-state index in [1.54, 1.807) is 0 Å². The number of benzene rings is 1. The molecule has 0 radical (unpaired) electrons. The van der Waals surface area contributed by atoms with Crippen molar-refractivity contribution in [2.75, 3.05) is 26.7 Å². The van der Waals surface area contributed by atoms with Crippen LogP contribution in [0.3, 0.4) is 0 Å². The molecule has 2 aliphatic rings. The quantitative estimate of drug-likeness (QED) is 0.862. The first-order valence-electron chi connectivity index (χ1n) is 8.38. The summed E-state index contributed by atoms with van der Waals surface area (Å²) in [5.74, 6) is 1.73. The smallest absolute Gasteiger partial charge is 0.0175 e. The van der Waals surface area contributed by atoms with Crippen molar-refractivity contribution in [2.45, 2.75) is 44.1 Å². The number of hydrogen-bond acceptors (Lipinski definition) is 2. The van der Waals surface area contributed by atoms with Crippen LogP contribution in [-0.2, 0) is 0 Å². The highest BCUT2D eigenvalue weighted by Crippen LogP contribution is 2.37. The lowest BCUT2D eigenvalue weighted by Crippen LogP contribution is -2.41. The van der Waals surface area contributed by atoms with Crippen molar-refractivity contribution in [1.29, 1.82) is 0 Å². The van der Waals surface area contributed by atoms with Crippen LogP contribution in [0.5, 0.6) is 0 Å². The van der Waals surface area contributed by atoms with E-state index in [0.717, 1.165) is 17.9 Å². The first-order valence-corrected chi connectivity index (χ1v) is 9.17. The zero-order valence-corrected chi connectivity index (χ0v) is 14.6. The second kappa shape index (κ2) is 7.26. The molecular weight excluding hydrogens is 324 g/mol. The Kier molecular flexibility index (Phi) is 5.36. The van der Waals surface area contributed by atoms with Crippen LogP contribution in [0.2, 0.25) is 0 Å². The second-order valence-electron chi connectivity index (χ2n) is 6.91. The number of rotatable bonds is 5. The summed E-state index contributed by atoms with van der Waals surface area (Å²) in [4.78, 5) is 2.46. The number of piperidine rings is 1. The van der Waals surface area contributed by atoms with E-state index in [4.69, 9.17) is 0 Å². The molecule has 116 valence electrons. The fourth-order valence-electron chi connectivity index (χ4n) is 3.63. The average Bonchev–Trinajstić information content (AvgIpc) is 2.45. The Morgan fingerprint density at radius 3 is 2.48 bits per heavy atom. The lowest BCUT2D eigenvalue weighted by Gasteiger charge is -2.37. The molecular formula is C18H27BrN2. The van der Waals surface area contributed by atoms with Gasteiger partial charge in [0.1, 0.15) is 0 Å². The van der Waals surface area contributed by atoms with Crippen LogP contribution in [-0.4, -0.2) is 37.6 Å². The molecule has 2 nitrogen and oxygen atoms in total. The third-order valence-electron chi connectivity index (χ3n) is 5.30. The van der Waals surface area contributed by atoms with Gasteiger partial charge in [0, 0.05) is 10.5 Å². The summed E-state index contributed by atoms with van der Waals surface area (Å²) >= 11 is 3.51. The predicted octanol–water partition coefficient (Wildman–Crippen LogP) is 4.02. The molecule has 1 aromatic carbocycles. The minimum absolute atomic E-state index is 0.755. The van der Waals surface area contributed by atoms with Gasteiger partial charge in [-0.3, -0.25) is 0 Å². The number of halogens is 1. The minimum atomic E-state index is 0.755. The zero-order chi connectivity index (χ0) is 14.7. The number of nitrogens with one attached hydrogen (secondary N) is 1. The molecule has 1 saturated carbocycles. The molecule has 3 rings (SSSR count). The summed E-state index contributed by atoms with van der Waals surface area (Å²) in [6, 6.07) is 9.62.